The molecule has 5 heavy (non-hydrogen) atoms. The van der Waals surface area contributed by atoms with Gasteiger partial charge >= 0.3 is 0 Å². The summed E-state index contributed by atoms with van der Waals surface area (Å²) in [4.78, 5) is 0. The van der Waals surface area contributed by atoms with Gasteiger partial charge in [0.05, 0.1) is 0 Å². The van der Waals surface area contributed by atoms with Crippen LogP contribution in [0.5, 0.6) is 0 Å². The van der Waals surface area contributed by atoms with Crippen LogP contribution in [0.25, 0.3) is 0 Å². The minimum Gasteiger partial charge on any atom is -0.0898 e. The minimum absolute atomic E-state index is 0.852. The van der Waals surface area contributed by atoms with Crippen molar-refractivity contribution in [1.29, 1.82) is 0 Å². The molecule has 2 atom stereocenters. The lowest BCUT2D eigenvalue weighted by Crippen LogP contribution is -0.948. The van der Waals surface area contributed by atoms with E-state index < -0.39 is 0 Å². The van der Waals surface area contributed by atoms with Crippen molar-refractivity contribution in [3.8, 4) is 0 Å². The lowest BCUT2D eigenvalue weighted by Gasteiger charge is -1.76. The fourth-order valence-electron chi connectivity index (χ4n) is 0.0146. The average Bonchev–Trinajstić information content (AvgIpc) is 1.41. The first-order valence-corrected chi connectivity index (χ1v) is 9.57. The Morgan fingerprint density at radius 1 is 1.20 bits per heavy atom. The van der Waals surface area contributed by atoms with Gasteiger partial charge in [-0.1, -0.05) is 42.0 Å². The van der Waals surface area contributed by atoms with E-state index in [1.54, 1.807) is 0 Å². The van der Waals surface area contributed by atoms with Crippen LogP contribution in [0.3, 0.4) is 0 Å². The molecule has 0 radical (unpaired) electrons. The van der Waals surface area contributed by atoms with Gasteiger partial charge in [0.15, 0.2) is 0 Å². The molecule has 0 bridgehead atoms. The van der Waals surface area contributed by atoms with Crippen molar-refractivity contribution < 1.29 is 0 Å². The van der Waals surface area contributed by atoms with E-state index in [1.807, 2.05) is 11.0 Å². The third-order valence-electron chi connectivity index (χ3n) is 0.0772. The zero-order valence-electron chi connectivity index (χ0n) is 2.16. The molecule has 0 aromatic carbocycles. The Bertz CT molecular complexity index is 15.1. The van der Waals surface area contributed by atoms with E-state index in [0.29, 0.717) is 0 Å². The van der Waals surface area contributed by atoms with E-state index in [9.17, 15) is 0 Å². The van der Waals surface area contributed by atoms with E-state index in [4.69, 9.17) is 0 Å². The highest BCUT2D eigenvalue weighted by molar-refractivity contribution is 9.55. The van der Waals surface area contributed by atoms with Gasteiger partial charge in [0, 0.05) is 13.0 Å². The summed E-state index contributed by atoms with van der Waals surface area (Å²) in [6, 6.07) is 0. The summed E-state index contributed by atoms with van der Waals surface area (Å²) in [6.45, 7) is 1.70. The fraction of sp³-hybridized carbons (Fsp3) is 0. The summed E-state index contributed by atoms with van der Waals surface area (Å²) in [7, 11) is 0. The third kappa shape index (κ3) is 6.17. The smallest absolute Gasteiger partial charge is 0.0145 e. The standard InChI is InChI=1S/Br2H2P2S/c1-3-5-4-2/h3-4H. The van der Waals surface area contributed by atoms with Crippen LogP contribution in [-0.4, -0.2) is 0 Å². The quantitative estimate of drug-likeness (QED) is 0.681. The summed E-state index contributed by atoms with van der Waals surface area (Å²) in [5, 5.41) is 0. The predicted octanol–water partition coefficient (Wildman–Crippen LogP) is 3.53. The van der Waals surface area contributed by atoms with Gasteiger partial charge in [-0.05, 0) is 0 Å². The molecule has 0 saturated carbocycles. The van der Waals surface area contributed by atoms with Crippen LogP contribution < -0.4 is 0 Å². The second kappa shape index (κ2) is 6.17. The van der Waals surface area contributed by atoms with Crippen molar-refractivity contribution >= 4 is 54.9 Å². The Kier molecular flexibility index (Phi) is 8.85. The van der Waals surface area contributed by atoms with Gasteiger partial charge in [0.2, 0.25) is 0 Å². The van der Waals surface area contributed by atoms with Crippen LogP contribution in [-0.2, 0) is 0 Å². The maximum atomic E-state index is 3.28. The highest BCUT2D eigenvalue weighted by Gasteiger charge is 1.70. The summed E-state index contributed by atoms with van der Waals surface area (Å²) >= 11 is 8.41. The Labute approximate surface area is 54.8 Å². The van der Waals surface area contributed by atoms with Crippen molar-refractivity contribution in [1.82, 2.24) is 0 Å². The molecule has 0 aromatic heterocycles. The molecule has 0 aliphatic heterocycles. The van der Waals surface area contributed by atoms with Crippen LogP contribution in [0.1, 0.15) is 0 Å². The first-order chi connectivity index (χ1) is 2.41. The number of hydrogen-bond donors (Lipinski definition) is 0. The van der Waals surface area contributed by atoms with E-state index in [0.717, 1.165) is 13.0 Å². The van der Waals surface area contributed by atoms with E-state index in [1.165, 1.54) is 0 Å². The second-order valence-electron chi connectivity index (χ2n) is 0.256. The largest absolute Gasteiger partial charge is 0.0898 e. The van der Waals surface area contributed by atoms with Gasteiger partial charge < -0.3 is 0 Å². The number of halogens is 2. The Hall–Kier alpha value is 2.17. The van der Waals surface area contributed by atoms with Crippen molar-refractivity contribution in [3.63, 3.8) is 0 Å². The lowest BCUT2D eigenvalue weighted by atomic mass is 30.0. The first kappa shape index (κ1) is 7.17. The van der Waals surface area contributed by atoms with Crippen molar-refractivity contribution in [2.45, 2.75) is 0 Å². The molecule has 0 heterocycles. The van der Waals surface area contributed by atoms with Crippen LogP contribution in [0.2, 0.25) is 0 Å². The molecular formula is H2Br2P2S. The summed E-state index contributed by atoms with van der Waals surface area (Å²) in [5.41, 5.74) is 0. The zero-order valence-corrected chi connectivity index (χ0v) is 8.15. The molecule has 0 aliphatic carbocycles. The lowest BCUT2D eigenvalue weighted by molar-refractivity contribution is 5.61. The zero-order chi connectivity index (χ0) is 4.12. The average molecular weight is 256 g/mol. The Morgan fingerprint density at radius 2 is 1.60 bits per heavy atom. The second-order valence-corrected chi connectivity index (χ2v) is 9.97. The Morgan fingerprint density at radius 3 is 1.60 bits per heavy atom. The van der Waals surface area contributed by atoms with Gasteiger partial charge in [0.25, 0.3) is 0 Å². The monoisotopic (exact) mass is 254 g/mol. The fourth-order valence-corrected chi connectivity index (χ4v) is 10.6. The first-order valence-electron chi connectivity index (χ1n) is 0.786. The maximum absolute atomic E-state index is 3.28. The normalized spacial score (nSPS) is 13.2. The summed E-state index contributed by atoms with van der Waals surface area (Å²) in [6.07, 6.45) is 0. The Balaban J connectivity index is 2.19. The molecule has 0 aliphatic rings. The van der Waals surface area contributed by atoms with Crippen LogP contribution in [0, 0.1) is 0 Å². The number of hydrogen-bond acceptors (Lipinski definition) is 1. The highest BCUT2D eigenvalue weighted by Crippen LogP contribution is 2.53. The molecule has 0 saturated heterocycles. The third-order valence-corrected chi connectivity index (χ3v) is 10.8. The molecular weight excluding hydrogens is 254 g/mol. The molecule has 0 nitrogen and oxygen atoms in total. The molecule has 5 heteroatoms. The molecule has 0 spiro atoms. The maximum Gasteiger partial charge on any atom is 0.0145 e. The number of rotatable bonds is 2. The van der Waals surface area contributed by atoms with Gasteiger partial charge in [-0.3, -0.25) is 0 Å². The molecule has 2 unspecified atom stereocenters. The van der Waals surface area contributed by atoms with Crippen molar-refractivity contribution in [3.05, 3.63) is 0 Å². The van der Waals surface area contributed by atoms with Gasteiger partial charge in [-0.15, -0.1) is 0 Å². The van der Waals surface area contributed by atoms with Gasteiger partial charge in [0.1, 0.15) is 0 Å². The molecule has 32 valence electrons. The molecule has 0 fully saturated rings. The van der Waals surface area contributed by atoms with E-state index in [2.05, 4.69) is 31.0 Å². The predicted molar refractivity (Wildman–Crippen MR) is 42.1 cm³/mol. The van der Waals surface area contributed by atoms with Crippen molar-refractivity contribution in [2.24, 2.45) is 0 Å². The van der Waals surface area contributed by atoms with Crippen LogP contribution >= 0.6 is 54.9 Å². The molecule has 0 aromatic rings. The van der Waals surface area contributed by atoms with Crippen LogP contribution in [0.4, 0.5) is 0 Å². The molecule has 0 N–H and O–H groups in total. The summed E-state index contributed by atoms with van der Waals surface area (Å²) < 4.78 is 0. The topological polar surface area (TPSA) is 0 Å². The molecule has 0 amide bonds. The summed E-state index contributed by atoms with van der Waals surface area (Å²) in [5.74, 6) is 0. The minimum atomic E-state index is 0.852. The highest BCUT2D eigenvalue weighted by atomic mass is 79.9. The van der Waals surface area contributed by atoms with Gasteiger partial charge in [-0.25, -0.2) is 0 Å². The van der Waals surface area contributed by atoms with E-state index >= 15 is 0 Å². The van der Waals surface area contributed by atoms with Gasteiger partial charge in [-0.2, -0.15) is 0 Å². The van der Waals surface area contributed by atoms with Crippen LogP contribution in [0.15, 0.2) is 0 Å². The van der Waals surface area contributed by atoms with Crippen molar-refractivity contribution in [2.75, 3.05) is 0 Å². The van der Waals surface area contributed by atoms with E-state index in [-0.39, 0.29) is 0 Å². The molecule has 0 rings (SSSR count). The SMILES string of the molecule is BrPSPBr.